The summed E-state index contributed by atoms with van der Waals surface area (Å²) in [7, 11) is 3.68. The number of anilines is 3. The van der Waals surface area contributed by atoms with Crippen LogP contribution in [0.4, 0.5) is 17.1 Å². The second kappa shape index (κ2) is 5.32. The van der Waals surface area contributed by atoms with Gasteiger partial charge in [-0.2, -0.15) is 0 Å². The summed E-state index contributed by atoms with van der Waals surface area (Å²) in [5.41, 5.74) is 9.75. The van der Waals surface area contributed by atoms with Crippen molar-refractivity contribution in [2.24, 2.45) is 0 Å². The number of hydrogen-bond acceptors (Lipinski definition) is 4. The van der Waals surface area contributed by atoms with Crippen molar-refractivity contribution < 1.29 is 4.74 Å². The Balaban J connectivity index is 2.08. The Hall–Kier alpha value is -2.75. The van der Waals surface area contributed by atoms with Gasteiger partial charge >= 0.3 is 0 Å². The van der Waals surface area contributed by atoms with Gasteiger partial charge in [0.15, 0.2) is 0 Å². The number of ether oxygens (including phenoxy) is 1. The van der Waals surface area contributed by atoms with Crippen LogP contribution < -0.4 is 15.4 Å². The lowest BCUT2D eigenvalue weighted by atomic mass is 10.1. The summed E-state index contributed by atoms with van der Waals surface area (Å²) < 4.78 is 5.19. The fourth-order valence-corrected chi connectivity index (χ4v) is 2.40. The minimum absolute atomic E-state index is 0.741. The van der Waals surface area contributed by atoms with Crippen molar-refractivity contribution >= 4 is 28.0 Å². The number of pyridine rings is 1. The van der Waals surface area contributed by atoms with Gasteiger partial charge in [-0.1, -0.05) is 0 Å². The fraction of sp³-hybridized carbons (Fsp3) is 0.118. The van der Waals surface area contributed by atoms with E-state index >= 15 is 0 Å². The van der Waals surface area contributed by atoms with Crippen molar-refractivity contribution in [1.29, 1.82) is 0 Å². The van der Waals surface area contributed by atoms with E-state index in [1.165, 1.54) is 0 Å². The molecule has 1 heterocycles. The lowest BCUT2D eigenvalue weighted by Crippen LogP contribution is -2.10. The molecular formula is C17H17N3O. The third-order valence-electron chi connectivity index (χ3n) is 3.60. The second-order valence-corrected chi connectivity index (χ2v) is 4.83. The van der Waals surface area contributed by atoms with Crippen LogP contribution in [0.2, 0.25) is 0 Å². The third kappa shape index (κ3) is 2.36. The maximum atomic E-state index is 6.03. The zero-order valence-electron chi connectivity index (χ0n) is 12.1. The van der Waals surface area contributed by atoms with Gasteiger partial charge < -0.3 is 15.4 Å². The summed E-state index contributed by atoms with van der Waals surface area (Å²) in [6, 6.07) is 15.7. The first-order valence-corrected chi connectivity index (χ1v) is 6.71. The lowest BCUT2D eigenvalue weighted by molar-refractivity contribution is 0.415. The van der Waals surface area contributed by atoms with E-state index in [1.807, 2.05) is 55.6 Å². The highest BCUT2D eigenvalue weighted by atomic mass is 16.5. The highest BCUT2D eigenvalue weighted by Gasteiger charge is 2.10. The van der Waals surface area contributed by atoms with Gasteiger partial charge in [-0.3, -0.25) is 4.98 Å². The van der Waals surface area contributed by atoms with Crippen LogP contribution in [0.15, 0.2) is 54.7 Å². The van der Waals surface area contributed by atoms with Crippen LogP contribution in [0.25, 0.3) is 10.9 Å². The van der Waals surface area contributed by atoms with Gasteiger partial charge in [0.2, 0.25) is 0 Å². The molecule has 0 aliphatic heterocycles. The van der Waals surface area contributed by atoms with Gasteiger partial charge in [-0.15, -0.1) is 0 Å². The highest BCUT2D eigenvalue weighted by molar-refractivity contribution is 5.99. The van der Waals surface area contributed by atoms with E-state index in [1.54, 1.807) is 13.3 Å². The van der Waals surface area contributed by atoms with Crippen LogP contribution in [0, 0.1) is 0 Å². The lowest BCUT2D eigenvalue weighted by Gasteiger charge is -2.21. The van der Waals surface area contributed by atoms with Crippen molar-refractivity contribution in [3.05, 3.63) is 54.7 Å². The molecule has 0 radical (unpaired) electrons. The molecule has 0 bridgehead atoms. The molecule has 2 aromatic carbocycles. The van der Waals surface area contributed by atoms with E-state index < -0.39 is 0 Å². The molecule has 0 atom stereocenters. The average molecular weight is 279 g/mol. The Bertz CT molecular complexity index is 769. The molecule has 106 valence electrons. The number of benzene rings is 2. The first-order valence-electron chi connectivity index (χ1n) is 6.71. The molecule has 0 saturated carbocycles. The molecule has 3 rings (SSSR count). The zero-order valence-corrected chi connectivity index (χ0v) is 12.1. The quantitative estimate of drug-likeness (QED) is 0.744. The SMILES string of the molecule is COc1ccc(N(C)c2ccc(N)c3cccnc23)cc1. The summed E-state index contributed by atoms with van der Waals surface area (Å²) in [6.45, 7) is 0. The Labute approximate surface area is 123 Å². The smallest absolute Gasteiger partial charge is 0.119 e. The van der Waals surface area contributed by atoms with Crippen molar-refractivity contribution in [3.63, 3.8) is 0 Å². The number of methoxy groups -OCH3 is 1. The largest absolute Gasteiger partial charge is 0.497 e. The number of hydrogen-bond donors (Lipinski definition) is 1. The van der Waals surface area contributed by atoms with Gasteiger partial charge in [-0.05, 0) is 48.5 Å². The van der Waals surface area contributed by atoms with Crippen molar-refractivity contribution in [3.8, 4) is 5.75 Å². The van der Waals surface area contributed by atoms with Gasteiger partial charge in [-0.25, -0.2) is 0 Å². The normalized spacial score (nSPS) is 10.6. The molecule has 21 heavy (non-hydrogen) atoms. The molecule has 4 nitrogen and oxygen atoms in total. The number of nitrogen functional groups attached to an aromatic ring is 1. The molecule has 0 saturated heterocycles. The van der Waals surface area contributed by atoms with E-state index in [9.17, 15) is 0 Å². The van der Waals surface area contributed by atoms with Crippen molar-refractivity contribution in [2.45, 2.75) is 0 Å². The predicted octanol–water partition coefficient (Wildman–Crippen LogP) is 3.59. The van der Waals surface area contributed by atoms with Crippen molar-refractivity contribution in [2.75, 3.05) is 24.8 Å². The summed E-state index contributed by atoms with van der Waals surface area (Å²) in [4.78, 5) is 6.57. The Morgan fingerprint density at radius 2 is 1.81 bits per heavy atom. The third-order valence-corrected chi connectivity index (χ3v) is 3.60. The van der Waals surface area contributed by atoms with E-state index in [2.05, 4.69) is 9.88 Å². The van der Waals surface area contributed by atoms with Crippen LogP contribution in [0.1, 0.15) is 0 Å². The van der Waals surface area contributed by atoms with Gasteiger partial charge in [0.25, 0.3) is 0 Å². The van der Waals surface area contributed by atoms with Crippen LogP contribution in [0.3, 0.4) is 0 Å². The van der Waals surface area contributed by atoms with Gasteiger partial charge in [0, 0.05) is 30.0 Å². The summed E-state index contributed by atoms with van der Waals surface area (Å²) >= 11 is 0. The molecule has 0 spiro atoms. The number of nitrogens with two attached hydrogens (primary N) is 1. The first-order chi connectivity index (χ1) is 10.2. The van der Waals surface area contributed by atoms with E-state index in [-0.39, 0.29) is 0 Å². The summed E-state index contributed by atoms with van der Waals surface area (Å²) in [6.07, 6.45) is 1.78. The number of rotatable bonds is 3. The molecule has 0 fully saturated rings. The van der Waals surface area contributed by atoms with Crippen LogP contribution >= 0.6 is 0 Å². The molecular weight excluding hydrogens is 262 g/mol. The predicted molar refractivity (Wildman–Crippen MR) is 87.2 cm³/mol. The maximum absolute atomic E-state index is 6.03. The molecule has 3 aromatic rings. The minimum Gasteiger partial charge on any atom is -0.497 e. The molecule has 0 aliphatic carbocycles. The standard InChI is InChI=1S/C17H17N3O/c1-20(12-5-7-13(21-2)8-6-12)16-10-9-15(18)14-4-3-11-19-17(14)16/h3-11H,18H2,1-2H3. The Morgan fingerprint density at radius 1 is 1.05 bits per heavy atom. The maximum Gasteiger partial charge on any atom is 0.119 e. The highest BCUT2D eigenvalue weighted by Crippen LogP contribution is 2.33. The molecule has 0 aliphatic rings. The molecule has 4 heteroatoms. The van der Waals surface area contributed by atoms with Crippen LogP contribution in [-0.2, 0) is 0 Å². The average Bonchev–Trinajstić information content (AvgIpc) is 2.55. The molecule has 0 unspecified atom stereocenters. The Morgan fingerprint density at radius 3 is 2.52 bits per heavy atom. The van der Waals surface area contributed by atoms with Crippen LogP contribution in [0.5, 0.6) is 5.75 Å². The molecule has 1 aromatic heterocycles. The Kier molecular flexibility index (Phi) is 3.36. The number of fused-ring (bicyclic) bond motifs is 1. The molecule has 0 amide bonds. The number of aromatic nitrogens is 1. The van der Waals surface area contributed by atoms with Gasteiger partial charge in [0.1, 0.15) is 5.75 Å². The van der Waals surface area contributed by atoms with E-state index in [4.69, 9.17) is 10.5 Å². The van der Waals surface area contributed by atoms with E-state index in [0.29, 0.717) is 0 Å². The van der Waals surface area contributed by atoms with E-state index in [0.717, 1.165) is 33.7 Å². The summed E-state index contributed by atoms with van der Waals surface area (Å²) in [5.74, 6) is 0.840. The summed E-state index contributed by atoms with van der Waals surface area (Å²) in [5, 5.41) is 0.968. The van der Waals surface area contributed by atoms with Crippen molar-refractivity contribution in [1.82, 2.24) is 4.98 Å². The fourth-order valence-electron chi connectivity index (χ4n) is 2.40. The zero-order chi connectivity index (χ0) is 14.8. The second-order valence-electron chi connectivity index (χ2n) is 4.83. The molecule has 2 N–H and O–H groups in total. The monoisotopic (exact) mass is 279 g/mol. The number of nitrogens with zero attached hydrogens (tertiary/aromatic N) is 2. The first kappa shape index (κ1) is 13.2. The van der Waals surface area contributed by atoms with Crippen LogP contribution in [-0.4, -0.2) is 19.1 Å². The van der Waals surface area contributed by atoms with Gasteiger partial charge in [0.05, 0.1) is 18.3 Å². The topological polar surface area (TPSA) is 51.4 Å². The minimum atomic E-state index is 0.741.